The van der Waals surface area contributed by atoms with Gasteiger partial charge in [0.2, 0.25) is 0 Å². The highest BCUT2D eigenvalue weighted by Gasteiger charge is 2.18. The number of pyridine rings is 1. The molecule has 0 saturated carbocycles. The number of nitrogens with one attached hydrogen (secondary N) is 1. The molecule has 1 fully saturated rings. The maximum atomic E-state index is 9.14. The van der Waals surface area contributed by atoms with Crippen molar-refractivity contribution in [3.8, 4) is 6.07 Å². The lowest BCUT2D eigenvalue weighted by molar-refractivity contribution is 0.300. The van der Waals surface area contributed by atoms with Gasteiger partial charge in [-0.05, 0) is 31.5 Å². The minimum Gasteiger partial charge on any atom is -0.395 e. The quantitative estimate of drug-likeness (QED) is 0.791. The van der Waals surface area contributed by atoms with Crippen molar-refractivity contribution in [3.63, 3.8) is 0 Å². The molecule has 0 radical (unpaired) electrons. The monoisotopic (exact) mass is 246 g/mol. The summed E-state index contributed by atoms with van der Waals surface area (Å²) < 4.78 is 0. The standard InChI is InChI=1S/C13H18N4O/c14-9-11-3-1-5-13(16-11)17(7-8-18)10-12-4-2-6-15-12/h1,3,5,12,15,18H,2,4,6-8,10H2. The Kier molecular flexibility index (Phi) is 4.51. The Morgan fingerprint density at radius 2 is 2.44 bits per heavy atom. The highest BCUT2D eigenvalue weighted by atomic mass is 16.3. The van der Waals surface area contributed by atoms with Crippen molar-refractivity contribution in [2.75, 3.05) is 31.1 Å². The van der Waals surface area contributed by atoms with Crippen molar-refractivity contribution < 1.29 is 5.11 Å². The molecule has 5 nitrogen and oxygen atoms in total. The largest absolute Gasteiger partial charge is 0.395 e. The van der Waals surface area contributed by atoms with Crippen molar-refractivity contribution >= 4 is 5.82 Å². The number of hydrogen-bond acceptors (Lipinski definition) is 5. The topological polar surface area (TPSA) is 72.2 Å². The molecule has 2 rings (SSSR count). The van der Waals surface area contributed by atoms with E-state index in [0.717, 1.165) is 25.3 Å². The van der Waals surface area contributed by atoms with Gasteiger partial charge in [0.15, 0.2) is 0 Å². The van der Waals surface area contributed by atoms with E-state index in [-0.39, 0.29) is 6.61 Å². The van der Waals surface area contributed by atoms with Gasteiger partial charge in [-0.1, -0.05) is 6.07 Å². The Morgan fingerprint density at radius 1 is 1.56 bits per heavy atom. The molecular weight excluding hydrogens is 228 g/mol. The summed E-state index contributed by atoms with van der Waals surface area (Å²) in [6.07, 6.45) is 2.35. The summed E-state index contributed by atoms with van der Waals surface area (Å²) >= 11 is 0. The van der Waals surface area contributed by atoms with Crippen LogP contribution in [0.15, 0.2) is 18.2 Å². The van der Waals surface area contributed by atoms with E-state index in [0.29, 0.717) is 18.3 Å². The van der Waals surface area contributed by atoms with Gasteiger partial charge >= 0.3 is 0 Å². The third-order valence-corrected chi connectivity index (χ3v) is 3.15. The zero-order valence-electron chi connectivity index (χ0n) is 10.3. The predicted octanol–water partition coefficient (Wildman–Crippen LogP) is 0.504. The highest BCUT2D eigenvalue weighted by molar-refractivity contribution is 5.41. The smallest absolute Gasteiger partial charge is 0.142 e. The first-order chi connectivity index (χ1) is 8.83. The average Bonchev–Trinajstić information content (AvgIpc) is 2.91. The van der Waals surface area contributed by atoms with Gasteiger partial charge in [-0.2, -0.15) is 5.26 Å². The molecule has 0 bridgehead atoms. The van der Waals surface area contributed by atoms with Crippen LogP contribution in [0.5, 0.6) is 0 Å². The van der Waals surface area contributed by atoms with Gasteiger partial charge in [0.1, 0.15) is 17.6 Å². The van der Waals surface area contributed by atoms with E-state index >= 15 is 0 Å². The van der Waals surface area contributed by atoms with E-state index in [1.807, 2.05) is 23.1 Å². The summed E-state index contributed by atoms with van der Waals surface area (Å²) in [5.41, 5.74) is 0.412. The lowest BCUT2D eigenvalue weighted by Gasteiger charge is -2.26. The van der Waals surface area contributed by atoms with E-state index in [1.54, 1.807) is 6.07 Å². The number of aromatic nitrogens is 1. The fourth-order valence-corrected chi connectivity index (χ4v) is 2.26. The number of aliphatic hydroxyl groups excluding tert-OH is 1. The highest BCUT2D eigenvalue weighted by Crippen LogP contribution is 2.14. The summed E-state index contributed by atoms with van der Waals surface area (Å²) in [5, 5.41) is 21.4. The molecule has 0 amide bonds. The molecule has 18 heavy (non-hydrogen) atoms. The summed E-state index contributed by atoms with van der Waals surface area (Å²) in [7, 11) is 0. The molecular formula is C13H18N4O. The summed E-state index contributed by atoms with van der Waals surface area (Å²) in [6, 6.07) is 7.89. The van der Waals surface area contributed by atoms with Crippen LogP contribution in [0.25, 0.3) is 0 Å². The zero-order chi connectivity index (χ0) is 12.8. The van der Waals surface area contributed by atoms with Gasteiger partial charge in [-0.3, -0.25) is 0 Å². The van der Waals surface area contributed by atoms with E-state index in [2.05, 4.69) is 10.3 Å². The van der Waals surface area contributed by atoms with Crippen molar-refractivity contribution in [1.82, 2.24) is 10.3 Å². The van der Waals surface area contributed by atoms with Gasteiger partial charge in [0.25, 0.3) is 0 Å². The lowest BCUT2D eigenvalue weighted by Crippen LogP contribution is -2.39. The van der Waals surface area contributed by atoms with Crippen LogP contribution < -0.4 is 10.2 Å². The van der Waals surface area contributed by atoms with Crippen LogP contribution in [-0.4, -0.2) is 42.4 Å². The van der Waals surface area contributed by atoms with Crippen LogP contribution in [0.1, 0.15) is 18.5 Å². The van der Waals surface area contributed by atoms with Gasteiger partial charge in [0, 0.05) is 19.1 Å². The molecule has 2 N–H and O–H groups in total. The van der Waals surface area contributed by atoms with Crippen LogP contribution in [0.2, 0.25) is 0 Å². The van der Waals surface area contributed by atoms with Crippen LogP contribution in [-0.2, 0) is 0 Å². The second-order valence-electron chi connectivity index (χ2n) is 4.46. The number of aliphatic hydroxyl groups is 1. The first-order valence-electron chi connectivity index (χ1n) is 6.30. The Bertz CT molecular complexity index is 423. The maximum Gasteiger partial charge on any atom is 0.142 e. The number of anilines is 1. The average molecular weight is 246 g/mol. The Hall–Kier alpha value is -1.64. The maximum absolute atomic E-state index is 9.14. The van der Waals surface area contributed by atoms with Gasteiger partial charge in [0.05, 0.1) is 6.61 Å². The number of rotatable bonds is 5. The number of nitriles is 1. The van der Waals surface area contributed by atoms with Crippen molar-refractivity contribution in [2.24, 2.45) is 0 Å². The SMILES string of the molecule is N#Cc1cccc(N(CCO)CC2CCCN2)n1. The molecule has 0 aromatic carbocycles. The predicted molar refractivity (Wildman–Crippen MR) is 69.3 cm³/mol. The summed E-state index contributed by atoms with van der Waals surface area (Å²) in [6.45, 7) is 2.51. The summed E-state index contributed by atoms with van der Waals surface area (Å²) in [4.78, 5) is 6.31. The molecule has 1 saturated heterocycles. The number of hydrogen-bond donors (Lipinski definition) is 2. The normalized spacial score (nSPS) is 18.6. The zero-order valence-corrected chi connectivity index (χ0v) is 10.3. The van der Waals surface area contributed by atoms with Crippen molar-refractivity contribution in [1.29, 1.82) is 5.26 Å². The van der Waals surface area contributed by atoms with Crippen molar-refractivity contribution in [2.45, 2.75) is 18.9 Å². The molecule has 1 aliphatic rings. The third-order valence-electron chi connectivity index (χ3n) is 3.15. The van der Waals surface area contributed by atoms with Gasteiger partial charge in [-0.15, -0.1) is 0 Å². The molecule has 1 aromatic heterocycles. The fraction of sp³-hybridized carbons (Fsp3) is 0.538. The minimum absolute atomic E-state index is 0.0885. The second-order valence-corrected chi connectivity index (χ2v) is 4.46. The molecule has 1 unspecified atom stereocenters. The Balaban J connectivity index is 2.09. The molecule has 0 spiro atoms. The second kappa shape index (κ2) is 6.34. The summed E-state index contributed by atoms with van der Waals surface area (Å²) in [5.74, 6) is 0.761. The fourth-order valence-electron chi connectivity index (χ4n) is 2.26. The molecule has 1 aromatic rings. The van der Waals surface area contributed by atoms with Gasteiger partial charge in [-0.25, -0.2) is 4.98 Å². The van der Waals surface area contributed by atoms with E-state index in [1.165, 1.54) is 6.42 Å². The van der Waals surface area contributed by atoms with Crippen LogP contribution >= 0.6 is 0 Å². The van der Waals surface area contributed by atoms with E-state index < -0.39 is 0 Å². The Labute approximate surface area is 107 Å². The number of nitrogens with zero attached hydrogens (tertiary/aromatic N) is 3. The molecule has 0 aliphatic carbocycles. The van der Waals surface area contributed by atoms with E-state index in [9.17, 15) is 0 Å². The van der Waals surface area contributed by atoms with E-state index in [4.69, 9.17) is 10.4 Å². The lowest BCUT2D eigenvalue weighted by atomic mass is 10.2. The van der Waals surface area contributed by atoms with Crippen LogP contribution in [0.3, 0.4) is 0 Å². The molecule has 1 aliphatic heterocycles. The molecule has 2 heterocycles. The van der Waals surface area contributed by atoms with Gasteiger partial charge < -0.3 is 15.3 Å². The third kappa shape index (κ3) is 3.19. The van der Waals surface area contributed by atoms with Crippen LogP contribution in [0.4, 0.5) is 5.82 Å². The Morgan fingerprint density at radius 3 is 3.11 bits per heavy atom. The minimum atomic E-state index is 0.0885. The van der Waals surface area contributed by atoms with Crippen molar-refractivity contribution in [3.05, 3.63) is 23.9 Å². The molecule has 96 valence electrons. The molecule has 1 atom stereocenters. The molecule has 5 heteroatoms. The first-order valence-corrected chi connectivity index (χ1v) is 6.30. The first kappa shape index (κ1) is 12.8. The van der Waals surface area contributed by atoms with Crippen LogP contribution in [0, 0.1) is 11.3 Å².